The van der Waals surface area contributed by atoms with Crippen LogP contribution in [0.2, 0.25) is 0 Å². The molecule has 7 nitrogen and oxygen atoms in total. The maximum Gasteiger partial charge on any atom is 0.231 e. The van der Waals surface area contributed by atoms with E-state index in [9.17, 15) is 9.59 Å². The zero-order chi connectivity index (χ0) is 29.8. The lowest BCUT2D eigenvalue weighted by molar-refractivity contribution is -0.138. The van der Waals surface area contributed by atoms with Gasteiger partial charge < -0.3 is 9.47 Å². The molecule has 0 unspecified atom stereocenters. The Labute approximate surface area is 251 Å². The number of ketones is 1. The van der Waals surface area contributed by atoms with Gasteiger partial charge in [0.25, 0.3) is 0 Å². The summed E-state index contributed by atoms with van der Waals surface area (Å²) in [5, 5.41) is 1.67. The highest BCUT2D eigenvalue weighted by Crippen LogP contribution is 2.47. The third kappa shape index (κ3) is 5.20. The summed E-state index contributed by atoms with van der Waals surface area (Å²) < 4.78 is 13.4. The van der Waals surface area contributed by atoms with Crippen molar-refractivity contribution in [2.45, 2.75) is 84.8 Å². The summed E-state index contributed by atoms with van der Waals surface area (Å²) in [6.07, 6.45) is 7.14. The van der Waals surface area contributed by atoms with Gasteiger partial charge in [0.15, 0.2) is 10.9 Å². The highest BCUT2D eigenvalue weighted by Gasteiger charge is 2.33. The second kappa shape index (κ2) is 11.0. The molecule has 220 valence electrons. The van der Waals surface area contributed by atoms with Crippen molar-refractivity contribution in [2.75, 3.05) is 18.6 Å². The van der Waals surface area contributed by atoms with E-state index in [4.69, 9.17) is 19.4 Å². The molecule has 0 radical (unpaired) electrons. The van der Waals surface area contributed by atoms with Crippen molar-refractivity contribution in [3.05, 3.63) is 47.2 Å². The molecule has 0 N–H and O–H groups in total. The van der Waals surface area contributed by atoms with Gasteiger partial charge in [-0.1, -0.05) is 30.6 Å². The lowest BCUT2D eigenvalue weighted by Crippen LogP contribution is -2.33. The number of pyridine rings is 1. The number of amides is 1. The van der Waals surface area contributed by atoms with Gasteiger partial charge in [-0.3, -0.25) is 19.5 Å². The van der Waals surface area contributed by atoms with Crippen LogP contribution in [0.4, 0.5) is 5.13 Å². The van der Waals surface area contributed by atoms with E-state index in [1.165, 1.54) is 23.3 Å². The number of rotatable bonds is 6. The highest BCUT2D eigenvalue weighted by molar-refractivity contribution is 7.23. The number of hydrogen-bond acceptors (Lipinski definition) is 7. The summed E-state index contributed by atoms with van der Waals surface area (Å²) in [7, 11) is 1.84. The van der Waals surface area contributed by atoms with Crippen LogP contribution in [0.5, 0.6) is 5.75 Å². The van der Waals surface area contributed by atoms with Crippen molar-refractivity contribution >= 4 is 49.3 Å². The fourth-order valence-electron chi connectivity index (χ4n) is 6.47. The number of ether oxygens (including phenoxy) is 2. The predicted molar refractivity (Wildman–Crippen MR) is 169 cm³/mol. The molecule has 1 saturated carbocycles. The first-order valence-electron chi connectivity index (χ1n) is 15.0. The number of fused-ring (bicyclic) bond motifs is 1. The predicted octanol–water partition coefficient (Wildman–Crippen LogP) is 7.74. The Balaban J connectivity index is 1.61. The van der Waals surface area contributed by atoms with Crippen molar-refractivity contribution in [3.63, 3.8) is 0 Å². The third-order valence-electron chi connectivity index (χ3n) is 8.43. The lowest BCUT2D eigenvalue weighted by Gasteiger charge is -2.29. The molecule has 2 aromatic heterocycles. The number of Topliss-reactive ketones (excluding diaryl/α,β-unsaturated/α-hetero) is 1. The van der Waals surface area contributed by atoms with Crippen molar-refractivity contribution in [1.29, 1.82) is 0 Å². The number of hydrogen-bond donors (Lipinski definition) is 0. The van der Waals surface area contributed by atoms with E-state index in [0.29, 0.717) is 11.7 Å². The van der Waals surface area contributed by atoms with Crippen LogP contribution < -0.4 is 9.64 Å². The number of thiazole rings is 1. The molecule has 1 atom stereocenters. The van der Waals surface area contributed by atoms with Crippen LogP contribution in [0.3, 0.4) is 0 Å². The Bertz CT molecular complexity index is 1690. The molecule has 1 aliphatic heterocycles. The average molecular weight is 586 g/mol. The van der Waals surface area contributed by atoms with E-state index in [0.717, 1.165) is 81.2 Å². The molecule has 8 heteroatoms. The minimum absolute atomic E-state index is 0.0412. The lowest BCUT2D eigenvalue weighted by atomic mass is 9.88. The largest absolute Gasteiger partial charge is 0.493 e. The number of carbonyl (C=O) groups excluding carboxylic acids is 2. The molecule has 3 heterocycles. The number of carbonyl (C=O) groups is 2. The molecule has 2 aromatic carbocycles. The molecule has 1 amide bonds. The summed E-state index contributed by atoms with van der Waals surface area (Å²) in [5.41, 5.74) is 5.81. The van der Waals surface area contributed by atoms with Gasteiger partial charge in [0.05, 0.1) is 27.9 Å². The molecular formula is C34H39N3O4S. The summed E-state index contributed by atoms with van der Waals surface area (Å²) >= 11 is 1.49. The summed E-state index contributed by atoms with van der Waals surface area (Å²) in [5.74, 6) is 0.928. The Morgan fingerprint density at radius 2 is 1.90 bits per heavy atom. The van der Waals surface area contributed by atoms with Gasteiger partial charge in [0, 0.05) is 47.7 Å². The molecule has 6 rings (SSSR count). The van der Waals surface area contributed by atoms with Gasteiger partial charge in [-0.05, 0) is 82.9 Å². The first-order valence-corrected chi connectivity index (χ1v) is 15.8. The van der Waals surface area contributed by atoms with E-state index in [1.807, 2.05) is 59.1 Å². The first kappa shape index (κ1) is 28.7. The van der Waals surface area contributed by atoms with Crippen molar-refractivity contribution in [3.8, 4) is 16.9 Å². The standard InChI is InChI=1S/C34H39N3O4S/c1-19-18-24-31(42-33(36-24)37(6)32(39)22-10-8-7-9-11-22)28(26(19)30(20(2)38)41-34(3,4)5)23-12-13-25-27-21(15-17-40-25)14-16-35-29(23)27/h12-14,16,18,22,30H,7-11,15,17H2,1-6H3/t30-/m1/s1. The Kier molecular flexibility index (Phi) is 7.56. The highest BCUT2D eigenvalue weighted by atomic mass is 32.1. The zero-order valence-corrected chi connectivity index (χ0v) is 26.2. The zero-order valence-electron chi connectivity index (χ0n) is 25.4. The van der Waals surface area contributed by atoms with Crippen LogP contribution in [0.25, 0.3) is 32.2 Å². The van der Waals surface area contributed by atoms with E-state index >= 15 is 0 Å². The van der Waals surface area contributed by atoms with E-state index in [1.54, 1.807) is 11.8 Å². The fourth-order valence-corrected chi connectivity index (χ4v) is 7.55. The van der Waals surface area contributed by atoms with Crippen molar-refractivity contribution < 1.29 is 19.1 Å². The summed E-state index contributed by atoms with van der Waals surface area (Å²) in [4.78, 5) is 38.4. The van der Waals surface area contributed by atoms with E-state index in [-0.39, 0.29) is 17.6 Å². The number of nitrogens with zero attached hydrogens (tertiary/aromatic N) is 3. The maximum absolute atomic E-state index is 13.5. The molecule has 0 saturated heterocycles. The van der Waals surface area contributed by atoms with Gasteiger partial charge in [-0.2, -0.15) is 0 Å². The van der Waals surface area contributed by atoms with Crippen LogP contribution in [0.15, 0.2) is 30.5 Å². The third-order valence-corrected chi connectivity index (χ3v) is 9.59. The monoisotopic (exact) mass is 585 g/mol. The topological polar surface area (TPSA) is 81.6 Å². The first-order chi connectivity index (χ1) is 20.0. The second-order valence-electron chi connectivity index (χ2n) is 12.7. The number of aryl methyl sites for hydroxylation is 1. The minimum Gasteiger partial charge on any atom is -0.493 e. The molecule has 42 heavy (non-hydrogen) atoms. The molecule has 0 bridgehead atoms. The Hall–Kier alpha value is -3.36. The quantitative estimate of drug-likeness (QED) is 0.230. The smallest absolute Gasteiger partial charge is 0.231 e. The number of anilines is 1. The molecule has 1 aliphatic carbocycles. The number of aromatic nitrogens is 2. The van der Waals surface area contributed by atoms with Crippen molar-refractivity contribution in [2.24, 2.45) is 5.92 Å². The number of benzene rings is 2. The van der Waals surface area contributed by atoms with E-state index in [2.05, 4.69) is 6.07 Å². The summed E-state index contributed by atoms with van der Waals surface area (Å²) in [6, 6.07) is 8.13. The van der Waals surface area contributed by atoms with Gasteiger partial charge in [0.1, 0.15) is 11.9 Å². The van der Waals surface area contributed by atoms with Crippen LogP contribution in [-0.2, 0) is 20.7 Å². The SMILES string of the molecule is CC(=O)[C@@H](OC(C)(C)C)c1c(C)cc2nc(N(C)C(=O)C3CCCCC3)sc2c1-c1ccc2c3c(ccnc13)CCO2. The van der Waals surface area contributed by atoms with Gasteiger partial charge in [0.2, 0.25) is 5.91 Å². The minimum atomic E-state index is -0.779. The molecular weight excluding hydrogens is 546 g/mol. The van der Waals surface area contributed by atoms with E-state index < -0.39 is 11.7 Å². The van der Waals surface area contributed by atoms with Crippen LogP contribution in [0, 0.1) is 12.8 Å². The normalized spacial score (nSPS) is 16.4. The molecule has 0 spiro atoms. The molecule has 4 aromatic rings. The second-order valence-corrected chi connectivity index (χ2v) is 13.7. The Morgan fingerprint density at radius 1 is 1.14 bits per heavy atom. The van der Waals surface area contributed by atoms with Crippen LogP contribution >= 0.6 is 11.3 Å². The van der Waals surface area contributed by atoms with Crippen LogP contribution in [-0.4, -0.2) is 40.9 Å². The maximum atomic E-state index is 13.5. The van der Waals surface area contributed by atoms with Crippen molar-refractivity contribution in [1.82, 2.24) is 9.97 Å². The van der Waals surface area contributed by atoms with Crippen LogP contribution in [0.1, 0.15) is 82.6 Å². The molecule has 1 fully saturated rings. The van der Waals surface area contributed by atoms with Gasteiger partial charge in [-0.15, -0.1) is 0 Å². The van der Waals surface area contributed by atoms with Gasteiger partial charge >= 0.3 is 0 Å². The molecule has 2 aliphatic rings. The Morgan fingerprint density at radius 3 is 2.62 bits per heavy atom. The fraction of sp³-hybridized carbons (Fsp3) is 0.471. The summed E-state index contributed by atoms with van der Waals surface area (Å²) in [6.45, 7) is 10.1. The average Bonchev–Trinajstić information content (AvgIpc) is 3.39. The van der Waals surface area contributed by atoms with Gasteiger partial charge in [-0.25, -0.2) is 4.98 Å².